The van der Waals surface area contributed by atoms with Crippen molar-refractivity contribution in [3.8, 4) is 5.75 Å². The summed E-state index contributed by atoms with van der Waals surface area (Å²) < 4.78 is 5.23. The minimum Gasteiger partial charge on any atom is -0.497 e. The number of rotatable bonds is 6. The number of nitrogens with zero attached hydrogens (tertiary/aromatic N) is 2. The molecule has 1 unspecified atom stereocenters. The Morgan fingerprint density at radius 3 is 2.57 bits per heavy atom. The summed E-state index contributed by atoms with van der Waals surface area (Å²) in [6.07, 6.45) is 1.06. The molecule has 2 aromatic rings. The minimum absolute atomic E-state index is 0.0455. The number of carbonyl (C=O) groups excluding carboxylic acids is 1. The van der Waals surface area contributed by atoms with E-state index in [1.165, 1.54) is 5.56 Å². The second-order valence-corrected chi connectivity index (χ2v) is 6.87. The maximum atomic E-state index is 12.1. The van der Waals surface area contributed by atoms with Crippen LogP contribution < -0.4 is 15.4 Å². The molecule has 0 bridgehead atoms. The number of amides is 1. The molecule has 1 fully saturated rings. The van der Waals surface area contributed by atoms with Crippen molar-refractivity contribution in [2.45, 2.75) is 18.9 Å². The van der Waals surface area contributed by atoms with Gasteiger partial charge in [0.15, 0.2) is 5.96 Å². The van der Waals surface area contributed by atoms with E-state index in [4.69, 9.17) is 4.74 Å². The van der Waals surface area contributed by atoms with E-state index in [0.29, 0.717) is 12.5 Å². The van der Waals surface area contributed by atoms with Gasteiger partial charge in [0, 0.05) is 32.6 Å². The third kappa shape index (κ3) is 5.25. The van der Waals surface area contributed by atoms with Gasteiger partial charge in [-0.25, -0.2) is 0 Å². The van der Waals surface area contributed by atoms with Crippen LogP contribution in [0, 0.1) is 0 Å². The monoisotopic (exact) mass is 380 g/mol. The van der Waals surface area contributed by atoms with Crippen molar-refractivity contribution in [3.05, 3.63) is 65.7 Å². The number of hydrogen-bond donors (Lipinski definition) is 2. The molecule has 1 saturated heterocycles. The highest BCUT2D eigenvalue weighted by Gasteiger charge is 2.26. The van der Waals surface area contributed by atoms with Crippen molar-refractivity contribution in [1.29, 1.82) is 0 Å². The number of nitrogens with one attached hydrogen (secondary N) is 2. The summed E-state index contributed by atoms with van der Waals surface area (Å²) in [5.41, 5.74) is 2.39. The molecule has 2 N–H and O–H groups in total. The van der Waals surface area contributed by atoms with Crippen LogP contribution in [0.4, 0.5) is 0 Å². The van der Waals surface area contributed by atoms with Gasteiger partial charge in [-0.05, 0) is 29.7 Å². The first-order chi connectivity index (χ1) is 13.7. The summed E-state index contributed by atoms with van der Waals surface area (Å²) in [7, 11) is 3.43. The van der Waals surface area contributed by atoms with Crippen molar-refractivity contribution >= 4 is 11.9 Å². The predicted octanol–water partition coefficient (Wildman–Crippen LogP) is 2.38. The molecule has 3 rings (SSSR count). The molecule has 1 heterocycles. The Balaban J connectivity index is 1.46. The van der Waals surface area contributed by atoms with Crippen LogP contribution in [0.5, 0.6) is 5.75 Å². The van der Waals surface area contributed by atoms with E-state index in [1.54, 1.807) is 14.2 Å². The molecule has 28 heavy (non-hydrogen) atoms. The molecule has 0 radical (unpaired) electrons. The van der Waals surface area contributed by atoms with E-state index >= 15 is 0 Å². The first kappa shape index (κ1) is 19.7. The maximum absolute atomic E-state index is 12.1. The van der Waals surface area contributed by atoms with Gasteiger partial charge in [-0.2, -0.15) is 0 Å². The lowest BCUT2D eigenvalue weighted by molar-refractivity contribution is -0.120. The van der Waals surface area contributed by atoms with Crippen LogP contribution in [0.15, 0.2) is 59.6 Å². The molecule has 6 heteroatoms. The molecule has 1 aliphatic rings. The highest BCUT2D eigenvalue weighted by molar-refractivity contribution is 5.86. The number of aliphatic imine (C=N–C) groups is 1. The summed E-state index contributed by atoms with van der Waals surface area (Å²) in [5, 5.41) is 6.11. The fourth-order valence-electron chi connectivity index (χ4n) is 3.45. The summed E-state index contributed by atoms with van der Waals surface area (Å²) >= 11 is 0. The first-order valence-corrected chi connectivity index (χ1v) is 9.59. The zero-order valence-corrected chi connectivity index (χ0v) is 16.5. The van der Waals surface area contributed by atoms with Crippen LogP contribution in [0.1, 0.15) is 23.5 Å². The van der Waals surface area contributed by atoms with Gasteiger partial charge in [-0.15, -0.1) is 0 Å². The number of ether oxygens (including phenoxy) is 1. The Bertz CT molecular complexity index is 790. The van der Waals surface area contributed by atoms with Crippen molar-refractivity contribution in [2.24, 2.45) is 4.99 Å². The number of carbonyl (C=O) groups is 1. The summed E-state index contributed by atoms with van der Waals surface area (Å²) in [5.74, 6) is 2.05. The van der Waals surface area contributed by atoms with Gasteiger partial charge in [0.2, 0.25) is 5.91 Å². The second kappa shape index (κ2) is 9.78. The Kier molecular flexibility index (Phi) is 6.89. The summed E-state index contributed by atoms with van der Waals surface area (Å²) in [6, 6.07) is 18.1. The molecule has 1 aliphatic heterocycles. The Labute approximate surface area is 166 Å². The molecule has 1 amide bonds. The normalized spacial score (nSPS) is 16.7. The molecule has 0 spiro atoms. The number of likely N-dealkylation sites (tertiary alicyclic amines) is 1. The largest absolute Gasteiger partial charge is 0.497 e. The van der Waals surface area contributed by atoms with E-state index in [1.807, 2.05) is 42.5 Å². The highest BCUT2D eigenvalue weighted by Crippen LogP contribution is 2.28. The van der Waals surface area contributed by atoms with Crippen LogP contribution in [-0.4, -0.2) is 50.6 Å². The van der Waals surface area contributed by atoms with Crippen molar-refractivity contribution < 1.29 is 9.53 Å². The van der Waals surface area contributed by atoms with Crippen LogP contribution >= 0.6 is 0 Å². The van der Waals surface area contributed by atoms with E-state index in [-0.39, 0.29) is 12.5 Å². The number of benzene rings is 2. The zero-order valence-electron chi connectivity index (χ0n) is 16.5. The average molecular weight is 380 g/mol. The van der Waals surface area contributed by atoms with Crippen molar-refractivity contribution in [1.82, 2.24) is 15.5 Å². The van der Waals surface area contributed by atoms with Crippen molar-refractivity contribution in [3.63, 3.8) is 0 Å². The minimum atomic E-state index is -0.0455. The molecule has 0 aliphatic carbocycles. The topological polar surface area (TPSA) is 66.0 Å². The first-order valence-electron chi connectivity index (χ1n) is 9.59. The molecule has 2 aromatic carbocycles. The molecular weight excluding hydrogens is 352 g/mol. The number of hydrogen-bond acceptors (Lipinski definition) is 3. The van der Waals surface area contributed by atoms with E-state index < -0.39 is 0 Å². The molecule has 0 aromatic heterocycles. The molecule has 148 valence electrons. The van der Waals surface area contributed by atoms with Gasteiger partial charge in [0.25, 0.3) is 0 Å². The maximum Gasteiger partial charge on any atom is 0.239 e. The molecule has 0 saturated carbocycles. The standard InChI is InChI=1S/C22H28N4O2/c1-23-22(25-15-21(27)24-14-17-6-4-3-5-7-17)26-13-12-19(16-26)18-8-10-20(28-2)11-9-18/h3-11,19H,12-16H2,1-2H3,(H,23,25)(H,24,27). The van der Waals surface area contributed by atoms with Gasteiger partial charge >= 0.3 is 0 Å². The van der Waals surface area contributed by atoms with Gasteiger partial charge in [-0.3, -0.25) is 9.79 Å². The van der Waals surface area contributed by atoms with Gasteiger partial charge in [0.1, 0.15) is 5.75 Å². The fourth-order valence-corrected chi connectivity index (χ4v) is 3.45. The number of guanidine groups is 1. The Morgan fingerprint density at radius 2 is 1.89 bits per heavy atom. The Hall–Kier alpha value is -3.02. The molecule has 1 atom stereocenters. The van der Waals surface area contributed by atoms with Gasteiger partial charge in [-0.1, -0.05) is 42.5 Å². The Morgan fingerprint density at radius 1 is 1.14 bits per heavy atom. The van der Waals surface area contributed by atoms with E-state index in [2.05, 4.69) is 32.7 Å². The summed E-state index contributed by atoms with van der Waals surface area (Å²) in [6.45, 7) is 2.55. The lowest BCUT2D eigenvalue weighted by Gasteiger charge is -2.21. The third-order valence-electron chi connectivity index (χ3n) is 5.03. The average Bonchev–Trinajstić information content (AvgIpc) is 3.23. The lowest BCUT2D eigenvalue weighted by atomic mass is 9.98. The van der Waals surface area contributed by atoms with Crippen molar-refractivity contribution in [2.75, 3.05) is 33.8 Å². The highest BCUT2D eigenvalue weighted by atomic mass is 16.5. The second-order valence-electron chi connectivity index (χ2n) is 6.87. The van der Waals surface area contributed by atoms with Crippen LogP contribution in [-0.2, 0) is 11.3 Å². The fraction of sp³-hybridized carbons (Fsp3) is 0.364. The SMILES string of the molecule is CN=C(NCC(=O)NCc1ccccc1)N1CCC(c2ccc(OC)cc2)C1. The van der Waals surface area contributed by atoms with Gasteiger partial charge in [0.05, 0.1) is 13.7 Å². The van der Waals surface area contributed by atoms with Gasteiger partial charge < -0.3 is 20.3 Å². The van der Waals surface area contributed by atoms with Crippen LogP contribution in [0.3, 0.4) is 0 Å². The lowest BCUT2D eigenvalue weighted by Crippen LogP contribution is -2.44. The quantitative estimate of drug-likeness (QED) is 0.597. The molecular formula is C22H28N4O2. The zero-order chi connectivity index (χ0) is 19.8. The van der Waals surface area contributed by atoms with E-state index in [0.717, 1.165) is 36.8 Å². The van der Waals surface area contributed by atoms with Crippen LogP contribution in [0.2, 0.25) is 0 Å². The summed E-state index contributed by atoms with van der Waals surface area (Å²) in [4.78, 5) is 18.7. The third-order valence-corrected chi connectivity index (χ3v) is 5.03. The van der Waals surface area contributed by atoms with E-state index in [9.17, 15) is 4.79 Å². The molecule has 6 nitrogen and oxygen atoms in total. The predicted molar refractivity (Wildman–Crippen MR) is 112 cm³/mol. The number of methoxy groups -OCH3 is 1. The van der Waals surface area contributed by atoms with Crippen LogP contribution in [0.25, 0.3) is 0 Å². The smallest absolute Gasteiger partial charge is 0.239 e.